The molecule has 0 bridgehead atoms. The summed E-state index contributed by atoms with van der Waals surface area (Å²) in [5.74, 6) is 0. The summed E-state index contributed by atoms with van der Waals surface area (Å²) in [6.07, 6.45) is 0. The summed E-state index contributed by atoms with van der Waals surface area (Å²) < 4.78 is 9.26. The molecule has 22 valence electrons. The van der Waals surface area contributed by atoms with Crippen LogP contribution in [-0.2, 0) is 4.46 Å². The Morgan fingerprint density at radius 2 is 2.25 bits per heavy atom. The summed E-state index contributed by atoms with van der Waals surface area (Å²) in [4.78, 5) is 0. The molecule has 0 unspecified atom stereocenters. The van der Waals surface area contributed by atoms with Crippen molar-refractivity contribution in [2.45, 2.75) is 0 Å². The van der Waals surface area contributed by atoms with E-state index in [1.54, 1.807) is 0 Å². The van der Waals surface area contributed by atoms with Gasteiger partial charge in [-0.1, -0.05) is 0 Å². The Hall–Kier alpha value is -0.243. The van der Waals surface area contributed by atoms with Crippen molar-refractivity contribution in [2.24, 2.45) is 0 Å². The third-order valence-corrected chi connectivity index (χ3v) is 0.289. The molecule has 1 nitrogen and oxygen atoms in total. The molecular weight excluding hydrogens is 68.1 g/mol. The van der Waals surface area contributed by atoms with E-state index in [-0.39, 0.29) is 0 Å². The molecule has 0 aromatic heterocycles. The van der Waals surface area contributed by atoms with Crippen LogP contribution in [0, 0.1) is 0 Å². The van der Waals surface area contributed by atoms with Crippen molar-refractivity contribution >= 4 is 9.41 Å². The van der Waals surface area contributed by atoms with Crippen LogP contribution in [0.25, 0.3) is 0 Å². The first kappa shape index (κ1) is 3.76. The van der Waals surface area contributed by atoms with Gasteiger partial charge < -0.3 is 4.46 Å². The van der Waals surface area contributed by atoms with Gasteiger partial charge in [0.1, 0.15) is 0 Å². The Morgan fingerprint density at radius 1 is 2.00 bits per heavy atom. The van der Waals surface area contributed by atoms with Crippen LogP contribution >= 0.6 is 0 Å². The third-order valence-electron chi connectivity index (χ3n) is 0.0962. The Kier molecular flexibility index (Phi) is 2.59. The third kappa shape index (κ3) is 1.76. The predicted molar refractivity (Wildman–Crippen MR) is 18.0 cm³/mol. The van der Waals surface area contributed by atoms with Crippen LogP contribution in [0.15, 0.2) is 12.3 Å². The van der Waals surface area contributed by atoms with Crippen molar-refractivity contribution < 1.29 is 4.46 Å². The molecule has 0 aromatic carbocycles. The topological polar surface area (TPSA) is 17.1 Å². The highest BCUT2D eigenvalue weighted by molar-refractivity contribution is 6.24. The van der Waals surface area contributed by atoms with Gasteiger partial charge in [-0.15, -0.1) is 6.58 Å². The molecule has 0 radical (unpaired) electrons. The van der Waals surface area contributed by atoms with E-state index in [0.29, 0.717) is 0 Å². The highest BCUT2D eigenvalue weighted by Crippen LogP contribution is 1.32. The molecule has 0 spiro atoms. The summed E-state index contributed by atoms with van der Waals surface area (Å²) in [5, 5.41) is 0. The monoisotopic (exact) mass is 72.0 g/mol. The zero-order valence-corrected chi connectivity index (χ0v) is 3.42. The van der Waals surface area contributed by atoms with Crippen molar-refractivity contribution in [3.8, 4) is 0 Å². The minimum atomic E-state index is -0.704. The predicted octanol–water partition coefficient (Wildman–Crippen LogP) is -0.0881. The average Bonchev–Trinajstić information content (AvgIpc) is 1.37. The van der Waals surface area contributed by atoms with E-state index in [1.807, 2.05) is 0 Å². The normalized spacial score (nSPS) is 5.00. The maximum absolute atomic E-state index is 9.26. The molecule has 4 heavy (non-hydrogen) atoms. The fourth-order valence-corrected chi connectivity index (χ4v) is 0. The molecule has 0 amide bonds. The lowest BCUT2D eigenvalue weighted by molar-refractivity contribution is 0.583. The van der Waals surface area contributed by atoms with Gasteiger partial charge in [-0.2, -0.15) is 0 Å². The van der Waals surface area contributed by atoms with E-state index in [9.17, 15) is 4.46 Å². The average molecular weight is 72.1 g/mol. The van der Waals surface area contributed by atoms with Gasteiger partial charge in [-0.3, -0.25) is 0 Å². The maximum atomic E-state index is 9.26. The van der Waals surface area contributed by atoms with Gasteiger partial charge in [0.05, 0.1) is 0 Å². The van der Waals surface area contributed by atoms with Gasteiger partial charge in [0, 0.05) is 0 Å². The van der Waals surface area contributed by atoms with Gasteiger partial charge >= 0.3 is 0 Å². The first-order valence-electron chi connectivity index (χ1n) is 0.977. The van der Waals surface area contributed by atoms with Gasteiger partial charge in [-0.25, -0.2) is 0 Å². The molecular formula is C2H4OSi. The van der Waals surface area contributed by atoms with Gasteiger partial charge in [0.2, 0.25) is 0 Å². The fourth-order valence-electron chi connectivity index (χ4n) is 0. The lowest BCUT2D eigenvalue weighted by atomic mass is 11.3. The Bertz CT molecular complexity index is 27.0. The molecule has 0 aliphatic carbocycles. The minimum Gasteiger partial charge on any atom is -0.387 e. The van der Waals surface area contributed by atoms with Crippen LogP contribution < -0.4 is 0 Å². The highest BCUT2D eigenvalue weighted by atomic mass is 28.2. The van der Waals surface area contributed by atoms with E-state index in [2.05, 4.69) is 6.58 Å². The number of rotatable bonds is 1. The van der Waals surface area contributed by atoms with Crippen molar-refractivity contribution in [1.29, 1.82) is 0 Å². The van der Waals surface area contributed by atoms with Gasteiger partial charge in [0.25, 0.3) is 9.41 Å². The van der Waals surface area contributed by atoms with Crippen molar-refractivity contribution in [3.63, 3.8) is 0 Å². The molecule has 0 rings (SSSR count). The highest BCUT2D eigenvalue weighted by Gasteiger charge is 1.43. The van der Waals surface area contributed by atoms with Crippen LogP contribution in [0.3, 0.4) is 0 Å². The van der Waals surface area contributed by atoms with Gasteiger partial charge in [-0.05, 0) is 5.70 Å². The Balaban J connectivity index is 2.73. The molecule has 0 saturated carbocycles. The second-order valence-corrected chi connectivity index (χ2v) is 1.12. The van der Waals surface area contributed by atoms with Gasteiger partial charge in [0.15, 0.2) is 0 Å². The molecule has 0 saturated heterocycles. The SMILES string of the molecule is C=C[SiH]=O. The second kappa shape index (κ2) is 2.76. The second-order valence-electron chi connectivity index (χ2n) is 0.372. The van der Waals surface area contributed by atoms with Crippen LogP contribution in [0.1, 0.15) is 0 Å². The quantitative estimate of drug-likeness (QED) is 0.396. The number of hydrogen-bond donors (Lipinski definition) is 0. The molecule has 0 aliphatic heterocycles. The van der Waals surface area contributed by atoms with E-state index in [4.69, 9.17) is 0 Å². The van der Waals surface area contributed by atoms with Crippen LogP contribution in [0.4, 0.5) is 0 Å². The number of hydrogen-bond acceptors (Lipinski definition) is 1. The zero-order valence-electron chi connectivity index (χ0n) is 2.27. The molecule has 0 aliphatic rings. The summed E-state index contributed by atoms with van der Waals surface area (Å²) in [6, 6.07) is 0. The molecule has 0 aromatic rings. The summed E-state index contributed by atoms with van der Waals surface area (Å²) in [5.41, 5.74) is 1.40. The molecule has 2 heteroatoms. The Morgan fingerprint density at radius 3 is 2.25 bits per heavy atom. The van der Waals surface area contributed by atoms with E-state index in [0.717, 1.165) is 0 Å². The van der Waals surface area contributed by atoms with E-state index >= 15 is 0 Å². The minimum absolute atomic E-state index is 0.704. The summed E-state index contributed by atoms with van der Waals surface area (Å²) >= 11 is 0. The first-order chi connectivity index (χ1) is 1.91. The van der Waals surface area contributed by atoms with Crippen molar-refractivity contribution in [2.75, 3.05) is 0 Å². The standard InChI is InChI=1S/C2H4OSi/c1-2-4-3/h2,4H,1H2. The zero-order chi connectivity index (χ0) is 3.41. The van der Waals surface area contributed by atoms with Crippen molar-refractivity contribution in [1.82, 2.24) is 0 Å². The molecule has 0 N–H and O–H groups in total. The molecule has 0 fully saturated rings. The molecule has 0 atom stereocenters. The first-order valence-corrected chi connectivity index (χ1v) is 2.12. The lowest BCUT2D eigenvalue weighted by Gasteiger charge is -1.35. The largest absolute Gasteiger partial charge is 0.387 e. The van der Waals surface area contributed by atoms with E-state index in [1.165, 1.54) is 5.70 Å². The summed E-state index contributed by atoms with van der Waals surface area (Å²) in [6.45, 7) is 3.20. The smallest absolute Gasteiger partial charge is 0.288 e. The van der Waals surface area contributed by atoms with E-state index < -0.39 is 9.41 Å². The summed E-state index contributed by atoms with van der Waals surface area (Å²) in [7, 11) is -0.704. The van der Waals surface area contributed by atoms with Crippen LogP contribution in [0.5, 0.6) is 0 Å². The fraction of sp³-hybridized carbons (Fsp3) is 0. The van der Waals surface area contributed by atoms with Crippen LogP contribution in [0.2, 0.25) is 0 Å². The van der Waals surface area contributed by atoms with Crippen LogP contribution in [-0.4, -0.2) is 9.41 Å². The Labute approximate surface area is 27.2 Å². The lowest BCUT2D eigenvalue weighted by Crippen LogP contribution is -1.49. The maximum Gasteiger partial charge on any atom is 0.288 e. The molecule has 0 heterocycles. The van der Waals surface area contributed by atoms with Crippen molar-refractivity contribution in [3.05, 3.63) is 12.3 Å².